The molecule has 0 aliphatic rings. The molecule has 0 radical (unpaired) electrons. The van der Waals surface area contributed by atoms with Crippen LogP contribution in [-0.4, -0.2) is 258 Å². The van der Waals surface area contributed by atoms with Crippen LogP contribution in [0.3, 0.4) is 0 Å². The van der Waals surface area contributed by atoms with Crippen molar-refractivity contribution >= 4 is 88.0 Å². The molecule has 2 aromatic rings. The lowest BCUT2D eigenvalue weighted by Gasteiger charge is -2.27. The number of aliphatic hydroxyl groups is 10. The van der Waals surface area contributed by atoms with E-state index in [4.69, 9.17) is 10.2 Å². The molecular weight excluding hydrogens is 1210 g/mol. The standard InChI is InChI=1S/C55H81N11O25/c1-25(2)60-50-45(27(4)70)61-30(20-59-50)19-56-29-7-5-28(6-8-29)51(86)66-35(55(90)91)11-16-42(77)62-32(9-14-40(75)57-21-36(71)46(82)48(84)38(73)23-67)52(87)65-34(13-18-44(80)81)54(89)64-33(53(88)63-31(26(3)69)12-17-43(78)79)10-15-41(76)58-22-37(72)47(83)49(85)39(74)24-68/h5-8,20,31-39,46-49,56,67-68,71-74,82-85H,9-19,21-24H2,1-4H3,(H,57,75)(H,58,76)(H,62,77)(H,63,88)(H,64,89)(H,65,87)(H,66,86)(H,78,79)(H,80,81)(H,90,91)/t31-,32-,33-,34-,35-,36-,37-,38+,39+,46+,47+,48+,49+/m0/s1. The second-order valence-corrected chi connectivity index (χ2v) is 21.0. The van der Waals surface area contributed by atoms with Gasteiger partial charge in [0, 0.05) is 69.1 Å². The Labute approximate surface area is 519 Å². The van der Waals surface area contributed by atoms with E-state index < -0.39 is 235 Å². The number of ketones is 2. The summed E-state index contributed by atoms with van der Waals surface area (Å²) >= 11 is 0. The number of carboxylic acid groups (broad SMARTS) is 3. The lowest BCUT2D eigenvalue weighted by Crippen LogP contribution is -2.58. The van der Waals surface area contributed by atoms with Crippen LogP contribution in [0.4, 0.5) is 11.5 Å². The van der Waals surface area contributed by atoms with Gasteiger partial charge in [0.1, 0.15) is 60.8 Å². The van der Waals surface area contributed by atoms with Crippen molar-refractivity contribution in [3.05, 3.63) is 47.4 Å². The van der Waals surface area contributed by atoms with Gasteiger partial charge < -0.3 is 109 Å². The first-order valence-corrected chi connectivity index (χ1v) is 28.3. The Morgan fingerprint density at radius 3 is 1.32 bits per heavy atom. The van der Waals surface area contributed by atoms with Crippen molar-refractivity contribution in [3.63, 3.8) is 0 Å². The van der Waals surface area contributed by atoms with Gasteiger partial charge >= 0.3 is 17.9 Å². The number of aliphatic hydroxyl groups excluding tert-OH is 10. The summed E-state index contributed by atoms with van der Waals surface area (Å²) in [6, 6.07) is -3.41. The van der Waals surface area contributed by atoms with Crippen molar-refractivity contribution in [2.75, 3.05) is 31.6 Å². The number of anilines is 1. The van der Waals surface area contributed by atoms with Crippen molar-refractivity contribution < 1.29 is 124 Å². The van der Waals surface area contributed by atoms with E-state index in [1.165, 1.54) is 37.4 Å². The molecule has 13 atom stereocenters. The van der Waals surface area contributed by atoms with E-state index in [0.29, 0.717) is 17.1 Å². The van der Waals surface area contributed by atoms with E-state index in [1.807, 2.05) is 0 Å². The first kappa shape index (κ1) is 78.5. The smallest absolute Gasteiger partial charge is 0.326 e. The van der Waals surface area contributed by atoms with Crippen molar-refractivity contribution in [3.8, 4) is 0 Å². The minimum atomic E-state index is -2.12. The molecule has 0 aliphatic heterocycles. The molecule has 2 rings (SSSR count). The Bertz CT molecular complexity index is 2860. The molecule has 0 bridgehead atoms. The Kier molecular flexibility index (Phi) is 34.1. The molecule has 36 nitrogen and oxygen atoms in total. The normalized spacial score (nSPS) is 15.5. The number of Topliss-reactive ketones (excluding diaryl/α,β-unsaturated/α-hetero) is 2. The molecule has 506 valence electrons. The molecule has 0 unspecified atom stereocenters. The van der Waals surface area contributed by atoms with Crippen LogP contribution in [0.2, 0.25) is 0 Å². The number of carbonyl (C=O) groups is 12. The van der Waals surface area contributed by atoms with Crippen LogP contribution in [0.15, 0.2) is 35.5 Å². The minimum absolute atomic E-state index is 0.0348. The zero-order chi connectivity index (χ0) is 68.8. The summed E-state index contributed by atoms with van der Waals surface area (Å²) in [5, 5.41) is 146. The molecule has 1 aromatic carbocycles. The highest BCUT2D eigenvalue weighted by Gasteiger charge is 2.35. The molecule has 0 aliphatic carbocycles. The maximum Gasteiger partial charge on any atom is 0.326 e. The third-order valence-electron chi connectivity index (χ3n) is 13.4. The number of hydrogen-bond acceptors (Lipinski definition) is 26. The molecule has 0 fully saturated rings. The largest absolute Gasteiger partial charge is 0.481 e. The van der Waals surface area contributed by atoms with Gasteiger partial charge in [0.2, 0.25) is 35.4 Å². The second kappa shape index (κ2) is 39.5. The summed E-state index contributed by atoms with van der Waals surface area (Å²) in [6.07, 6.45) is -21.8. The maximum absolute atomic E-state index is 14.2. The van der Waals surface area contributed by atoms with Gasteiger partial charge in [-0.3, -0.25) is 52.7 Å². The van der Waals surface area contributed by atoms with Crippen LogP contribution in [-0.2, 0) is 54.5 Å². The zero-order valence-corrected chi connectivity index (χ0v) is 50.1. The number of amides is 7. The summed E-state index contributed by atoms with van der Waals surface area (Å²) in [5.41, 5.74) is 1.51. The number of carbonyl (C=O) groups excluding carboxylic acids is 9. The number of aliphatic imine (C=N–C) groups is 1. The summed E-state index contributed by atoms with van der Waals surface area (Å²) in [6.45, 7) is 2.20. The third kappa shape index (κ3) is 28.4. The summed E-state index contributed by atoms with van der Waals surface area (Å²) in [7, 11) is 0. The van der Waals surface area contributed by atoms with Crippen molar-refractivity contribution in [2.45, 2.75) is 177 Å². The van der Waals surface area contributed by atoms with Crippen LogP contribution in [0.5, 0.6) is 0 Å². The molecule has 0 saturated heterocycles. The number of carboxylic acids is 3. The van der Waals surface area contributed by atoms with Gasteiger partial charge in [-0.05, 0) is 77.1 Å². The number of nitrogens with one attached hydrogen (secondary N) is 8. The minimum Gasteiger partial charge on any atom is -0.481 e. The number of hydrogen-bond donors (Lipinski definition) is 21. The van der Waals surface area contributed by atoms with Crippen molar-refractivity contribution in [1.82, 2.24) is 47.2 Å². The first-order chi connectivity index (χ1) is 42.7. The molecule has 0 saturated carbocycles. The number of aromatic nitrogens is 2. The van der Waals surface area contributed by atoms with Gasteiger partial charge in [0.05, 0.1) is 49.9 Å². The summed E-state index contributed by atoms with van der Waals surface area (Å²) < 4.78 is 0. The molecule has 91 heavy (non-hydrogen) atoms. The highest BCUT2D eigenvalue weighted by molar-refractivity contribution is 5.99. The fourth-order valence-corrected chi connectivity index (χ4v) is 8.08. The van der Waals surface area contributed by atoms with E-state index in [2.05, 4.69) is 57.5 Å². The van der Waals surface area contributed by atoms with Crippen molar-refractivity contribution in [2.24, 2.45) is 4.99 Å². The Morgan fingerprint density at radius 2 is 0.901 bits per heavy atom. The van der Waals surface area contributed by atoms with Crippen LogP contribution < -0.4 is 42.5 Å². The van der Waals surface area contributed by atoms with Crippen molar-refractivity contribution in [1.29, 1.82) is 0 Å². The van der Waals surface area contributed by atoms with E-state index in [0.717, 1.165) is 6.92 Å². The maximum atomic E-state index is 14.2. The van der Waals surface area contributed by atoms with E-state index in [9.17, 15) is 114 Å². The van der Waals surface area contributed by atoms with Gasteiger partial charge in [-0.2, -0.15) is 0 Å². The van der Waals surface area contributed by atoms with Gasteiger partial charge in [0.25, 0.3) is 5.91 Å². The predicted octanol–water partition coefficient (Wildman–Crippen LogP) is -6.71. The fourth-order valence-electron chi connectivity index (χ4n) is 8.08. The lowest BCUT2D eigenvalue weighted by atomic mass is 10.0. The van der Waals surface area contributed by atoms with Gasteiger partial charge in [-0.15, -0.1) is 0 Å². The van der Waals surface area contributed by atoms with Crippen LogP contribution in [0, 0.1) is 0 Å². The first-order valence-electron chi connectivity index (χ1n) is 28.3. The summed E-state index contributed by atoms with van der Waals surface area (Å²) in [5.74, 6) is -13.5. The van der Waals surface area contributed by atoms with E-state index in [-0.39, 0.29) is 29.4 Å². The number of nitrogens with zero attached hydrogens (tertiary/aromatic N) is 3. The number of rotatable bonds is 43. The van der Waals surface area contributed by atoms with Gasteiger partial charge in [-0.1, -0.05) is 0 Å². The average molecular weight is 1300 g/mol. The molecule has 21 N–H and O–H groups in total. The Morgan fingerprint density at radius 1 is 0.495 bits per heavy atom. The highest BCUT2D eigenvalue weighted by Crippen LogP contribution is 2.18. The Hall–Kier alpha value is -8.59. The zero-order valence-electron chi connectivity index (χ0n) is 50.1. The summed E-state index contributed by atoms with van der Waals surface area (Å²) in [4.78, 5) is 168. The Balaban J connectivity index is 2.43. The fraction of sp³-hybridized carbons (Fsp3) is 0.582. The topological polar surface area (TPSA) is 602 Å². The number of aliphatic carboxylic acids is 3. The van der Waals surface area contributed by atoms with Gasteiger partial charge in [0.15, 0.2) is 23.1 Å². The molecule has 36 heteroatoms. The second-order valence-electron chi connectivity index (χ2n) is 21.0. The molecule has 7 amide bonds. The molecule has 0 spiro atoms. The highest BCUT2D eigenvalue weighted by atomic mass is 16.4. The monoisotopic (exact) mass is 1300 g/mol. The third-order valence-corrected chi connectivity index (χ3v) is 13.4. The van der Waals surface area contributed by atoms with Gasteiger partial charge in [-0.25, -0.2) is 19.8 Å². The molecular formula is C55H81N11O25. The quantitative estimate of drug-likeness (QED) is 0.0217. The van der Waals surface area contributed by atoms with Crippen LogP contribution in [0.25, 0.3) is 0 Å². The predicted molar refractivity (Wildman–Crippen MR) is 311 cm³/mol. The molecule has 1 aromatic heterocycles. The van der Waals surface area contributed by atoms with Crippen LogP contribution in [0.1, 0.15) is 118 Å². The van der Waals surface area contributed by atoms with Crippen LogP contribution >= 0.6 is 0 Å². The number of benzene rings is 1. The lowest BCUT2D eigenvalue weighted by molar-refractivity contribution is -0.140. The average Bonchev–Trinajstić information content (AvgIpc) is 3.58. The SMILES string of the molecule is CC(=O)c1nc(CNc2ccc(C(=O)N[C@@H](CCC(=O)N[C@@H](CCC(=O)NC[C@H](O)[C@@H](O)[C@H](O)[C@H](O)CO)C(=O)N[C@@H](CCC(=O)O)C(=O)N[C@@H](CCC(=O)NC[C@H](O)[C@@H](O)[C@H](O)[C@H](O)CO)C(=O)N[C@@H](CCC(=O)O)C(C)=O)C(=O)O)cc2)cnc1N=C(C)C. The van der Waals surface area contributed by atoms with E-state index in [1.54, 1.807) is 13.8 Å². The molecule has 1 heterocycles. The van der Waals surface area contributed by atoms with E-state index >= 15 is 0 Å².